The third-order valence-electron chi connectivity index (χ3n) is 3.72. The number of allylic oxidation sites excluding steroid dienone is 1. The summed E-state index contributed by atoms with van der Waals surface area (Å²) in [4.78, 5) is 11.9. The lowest BCUT2D eigenvalue weighted by Gasteiger charge is -2.04. The molecular formula is C21H15NO3. The number of methoxy groups -OCH3 is 1. The SMILES string of the molecule is COC(=O)c1ccccc1-c1ccc(/C=C(/C#N)c2ccccc2)o1. The third-order valence-corrected chi connectivity index (χ3v) is 3.72. The van der Waals surface area contributed by atoms with E-state index in [-0.39, 0.29) is 0 Å². The van der Waals surface area contributed by atoms with Crippen LogP contribution in [0.15, 0.2) is 71.1 Å². The van der Waals surface area contributed by atoms with E-state index < -0.39 is 5.97 Å². The minimum absolute atomic E-state index is 0.425. The van der Waals surface area contributed by atoms with E-state index in [0.29, 0.717) is 28.2 Å². The van der Waals surface area contributed by atoms with Gasteiger partial charge in [0, 0.05) is 5.56 Å². The summed E-state index contributed by atoms with van der Waals surface area (Å²) in [5.74, 6) is 0.652. The Balaban J connectivity index is 1.98. The van der Waals surface area contributed by atoms with Gasteiger partial charge in [-0.05, 0) is 29.8 Å². The maximum absolute atomic E-state index is 11.9. The lowest BCUT2D eigenvalue weighted by atomic mass is 10.1. The Labute approximate surface area is 145 Å². The summed E-state index contributed by atoms with van der Waals surface area (Å²) in [5, 5.41) is 9.39. The zero-order valence-corrected chi connectivity index (χ0v) is 13.6. The Hall–Kier alpha value is -3.58. The molecule has 3 aromatic rings. The van der Waals surface area contributed by atoms with Crippen molar-refractivity contribution < 1.29 is 13.9 Å². The van der Waals surface area contributed by atoms with E-state index in [1.165, 1.54) is 7.11 Å². The summed E-state index contributed by atoms with van der Waals surface area (Å²) >= 11 is 0. The molecule has 0 bridgehead atoms. The van der Waals surface area contributed by atoms with Crippen molar-refractivity contribution in [1.82, 2.24) is 0 Å². The summed E-state index contributed by atoms with van der Waals surface area (Å²) in [6.07, 6.45) is 1.68. The molecule has 0 atom stereocenters. The Kier molecular flexibility index (Phi) is 4.77. The number of carbonyl (C=O) groups is 1. The molecule has 0 aliphatic heterocycles. The number of benzene rings is 2. The molecule has 0 N–H and O–H groups in total. The number of hydrogen-bond donors (Lipinski definition) is 0. The minimum Gasteiger partial charge on any atom is -0.465 e. The molecule has 1 aromatic heterocycles. The first-order valence-corrected chi connectivity index (χ1v) is 7.67. The minimum atomic E-state index is -0.425. The normalized spacial score (nSPS) is 11.0. The molecule has 0 radical (unpaired) electrons. The number of carbonyl (C=O) groups excluding carboxylic acids is 1. The van der Waals surface area contributed by atoms with Crippen LogP contribution >= 0.6 is 0 Å². The zero-order chi connectivity index (χ0) is 17.6. The van der Waals surface area contributed by atoms with Crippen molar-refractivity contribution in [3.8, 4) is 17.4 Å². The van der Waals surface area contributed by atoms with Crippen molar-refractivity contribution >= 4 is 17.6 Å². The number of esters is 1. The fraction of sp³-hybridized carbons (Fsp3) is 0.0476. The van der Waals surface area contributed by atoms with Crippen LogP contribution in [0.4, 0.5) is 0 Å². The van der Waals surface area contributed by atoms with Gasteiger partial charge in [-0.3, -0.25) is 0 Å². The van der Waals surface area contributed by atoms with Gasteiger partial charge in [-0.15, -0.1) is 0 Å². The molecule has 2 aromatic carbocycles. The van der Waals surface area contributed by atoms with Crippen LogP contribution in [0.1, 0.15) is 21.7 Å². The summed E-state index contributed by atoms with van der Waals surface area (Å²) in [6, 6.07) is 22.2. The van der Waals surface area contributed by atoms with Crippen LogP contribution in [0.2, 0.25) is 0 Å². The summed E-state index contributed by atoms with van der Waals surface area (Å²) in [7, 11) is 1.34. The van der Waals surface area contributed by atoms with Gasteiger partial charge in [0.2, 0.25) is 0 Å². The average Bonchev–Trinajstić information content (AvgIpc) is 3.14. The average molecular weight is 329 g/mol. The first-order chi connectivity index (χ1) is 12.2. The summed E-state index contributed by atoms with van der Waals surface area (Å²) in [5.41, 5.74) is 2.39. The van der Waals surface area contributed by atoms with Gasteiger partial charge in [-0.1, -0.05) is 48.5 Å². The standard InChI is InChI=1S/C21H15NO3/c1-24-21(23)19-10-6-5-9-18(19)20-12-11-17(25-20)13-16(14-22)15-7-3-2-4-8-15/h2-13H,1H3/b16-13-. The van der Waals surface area contributed by atoms with Gasteiger partial charge < -0.3 is 9.15 Å². The van der Waals surface area contributed by atoms with Gasteiger partial charge in [0.25, 0.3) is 0 Å². The lowest BCUT2D eigenvalue weighted by Crippen LogP contribution is -2.02. The van der Waals surface area contributed by atoms with E-state index in [9.17, 15) is 10.1 Å². The van der Waals surface area contributed by atoms with Crippen molar-refractivity contribution in [2.24, 2.45) is 0 Å². The topological polar surface area (TPSA) is 63.2 Å². The van der Waals surface area contributed by atoms with Crippen LogP contribution in [0, 0.1) is 11.3 Å². The Bertz CT molecular complexity index is 962. The maximum atomic E-state index is 11.9. The van der Waals surface area contributed by atoms with Gasteiger partial charge in [-0.2, -0.15) is 5.26 Å². The lowest BCUT2D eigenvalue weighted by molar-refractivity contribution is 0.0601. The van der Waals surface area contributed by atoms with E-state index in [1.807, 2.05) is 36.4 Å². The number of nitriles is 1. The highest BCUT2D eigenvalue weighted by atomic mass is 16.5. The zero-order valence-electron chi connectivity index (χ0n) is 13.6. The van der Waals surface area contributed by atoms with Gasteiger partial charge in [0.15, 0.2) is 0 Å². The van der Waals surface area contributed by atoms with Crippen LogP contribution in [-0.2, 0) is 4.74 Å². The molecule has 0 fully saturated rings. The first-order valence-electron chi connectivity index (χ1n) is 7.67. The number of ether oxygens (including phenoxy) is 1. The van der Waals surface area contributed by atoms with Crippen LogP contribution in [0.3, 0.4) is 0 Å². The first kappa shape index (κ1) is 16.3. The highest BCUT2D eigenvalue weighted by Crippen LogP contribution is 2.28. The highest BCUT2D eigenvalue weighted by Gasteiger charge is 2.15. The summed E-state index contributed by atoms with van der Waals surface area (Å²) in [6.45, 7) is 0. The molecule has 122 valence electrons. The molecule has 0 unspecified atom stereocenters. The maximum Gasteiger partial charge on any atom is 0.338 e. The number of furan rings is 1. The van der Waals surface area contributed by atoms with E-state index in [4.69, 9.17) is 9.15 Å². The molecule has 0 aliphatic carbocycles. The van der Waals surface area contributed by atoms with Crippen molar-refractivity contribution in [3.63, 3.8) is 0 Å². The Morgan fingerprint density at radius 2 is 1.76 bits per heavy atom. The van der Waals surface area contributed by atoms with Crippen molar-refractivity contribution in [2.45, 2.75) is 0 Å². The number of hydrogen-bond acceptors (Lipinski definition) is 4. The fourth-order valence-corrected chi connectivity index (χ4v) is 2.50. The predicted octanol–water partition coefficient (Wildman–Crippen LogP) is 4.80. The van der Waals surface area contributed by atoms with Crippen LogP contribution in [0.25, 0.3) is 23.0 Å². The van der Waals surface area contributed by atoms with E-state index in [2.05, 4.69) is 6.07 Å². The van der Waals surface area contributed by atoms with Crippen molar-refractivity contribution in [2.75, 3.05) is 7.11 Å². The molecule has 0 amide bonds. The Morgan fingerprint density at radius 3 is 2.48 bits per heavy atom. The van der Waals surface area contributed by atoms with Crippen LogP contribution in [-0.4, -0.2) is 13.1 Å². The van der Waals surface area contributed by atoms with Gasteiger partial charge >= 0.3 is 5.97 Å². The fourth-order valence-electron chi connectivity index (χ4n) is 2.50. The molecule has 4 nitrogen and oxygen atoms in total. The predicted molar refractivity (Wildman–Crippen MR) is 95.4 cm³/mol. The molecule has 0 aliphatic rings. The molecule has 0 spiro atoms. The largest absolute Gasteiger partial charge is 0.465 e. The molecular weight excluding hydrogens is 314 g/mol. The van der Waals surface area contributed by atoms with Gasteiger partial charge in [0.1, 0.15) is 11.5 Å². The number of nitrogens with zero attached hydrogens (tertiary/aromatic N) is 1. The number of rotatable bonds is 4. The molecule has 0 saturated heterocycles. The smallest absolute Gasteiger partial charge is 0.338 e. The highest BCUT2D eigenvalue weighted by molar-refractivity contribution is 5.96. The second-order valence-corrected chi connectivity index (χ2v) is 5.28. The van der Waals surface area contributed by atoms with E-state index in [0.717, 1.165) is 5.56 Å². The summed E-state index contributed by atoms with van der Waals surface area (Å²) < 4.78 is 10.6. The van der Waals surface area contributed by atoms with E-state index >= 15 is 0 Å². The van der Waals surface area contributed by atoms with Crippen molar-refractivity contribution in [3.05, 3.63) is 83.6 Å². The molecule has 3 rings (SSSR count). The van der Waals surface area contributed by atoms with Crippen LogP contribution in [0.5, 0.6) is 0 Å². The van der Waals surface area contributed by atoms with E-state index in [1.54, 1.807) is 36.4 Å². The second kappa shape index (κ2) is 7.33. The van der Waals surface area contributed by atoms with Gasteiger partial charge in [-0.25, -0.2) is 4.79 Å². The molecule has 1 heterocycles. The monoisotopic (exact) mass is 329 g/mol. The third kappa shape index (κ3) is 3.51. The molecule has 4 heteroatoms. The molecule has 0 saturated carbocycles. The van der Waals surface area contributed by atoms with Crippen molar-refractivity contribution in [1.29, 1.82) is 5.26 Å². The van der Waals surface area contributed by atoms with Gasteiger partial charge in [0.05, 0.1) is 24.3 Å². The Morgan fingerprint density at radius 1 is 1.04 bits per heavy atom. The molecule has 25 heavy (non-hydrogen) atoms. The quantitative estimate of drug-likeness (QED) is 0.509. The second-order valence-electron chi connectivity index (χ2n) is 5.28. The van der Waals surface area contributed by atoms with Crippen LogP contribution < -0.4 is 0 Å².